The van der Waals surface area contributed by atoms with Crippen molar-refractivity contribution in [2.75, 3.05) is 25.0 Å². The average Bonchev–Trinajstić information content (AvgIpc) is 2.28. The van der Waals surface area contributed by atoms with Crippen LogP contribution in [-0.2, 0) is 6.54 Å². The van der Waals surface area contributed by atoms with Gasteiger partial charge in [0.2, 0.25) is 0 Å². The molecule has 0 atom stereocenters. The predicted molar refractivity (Wildman–Crippen MR) is 81.3 cm³/mol. The molecule has 0 heterocycles. The van der Waals surface area contributed by atoms with Gasteiger partial charge in [-0.3, -0.25) is 0 Å². The molecule has 0 aliphatic carbocycles. The second-order valence-electron chi connectivity index (χ2n) is 5.57. The SMILES string of the molecule is CCCNCc1ccc(N(C)CC(C)C)c(C)c1. The molecule has 0 saturated heterocycles. The van der Waals surface area contributed by atoms with Crippen LogP contribution in [0.25, 0.3) is 0 Å². The Morgan fingerprint density at radius 3 is 2.56 bits per heavy atom. The zero-order chi connectivity index (χ0) is 13.5. The van der Waals surface area contributed by atoms with Crippen molar-refractivity contribution in [2.24, 2.45) is 5.92 Å². The van der Waals surface area contributed by atoms with E-state index in [1.165, 1.54) is 23.2 Å². The minimum atomic E-state index is 0.695. The third-order valence-corrected chi connectivity index (χ3v) is 3.07. The highest BCUT2D eigenvalue weighted by atomic mass is 15.1. The molecule has 0 unspecified atom stereocenters. The maximum Gasteiger partial charge on any atom is 0.0393 e. The fraction of sp³-hybridized carbons (Fsp3) is 0.625. The number of nitrogens with zero attached hydrogens (tertiary/aromatic N) is 1. The molecule has 0 radical (unpaired) electrons. The minimum absolute atomic E-state index is 0.695. The van der Waals surface area contributed by atoms with Gasteiger partial charge in [-0.25, -0.2) is 0 Å². The van der Waals surface area contributed by atoms with E-state index >= 15 is 0 Å². The van der Waals surface area contributed by atoms with Crippen LogP contribution in [0, 0.1) is 12.8 Å². The van der Waals surface area contributed by atoms with Gasteiger partial charge in [-0.2, -0.15) is 0 Å². The Morgan fingerprint density at radius 2 is 2.00 bits per heavy atom. The summed E-state index contributed by atoms with van der Waals surface area (Å²) in [4.78, 5) is 2.35. The van der Waals surface area contributed by atoms with Crippen LogP contribution in [0.15, 0.2) is 18.2 Å². The Hall–Kier alpha value is -1.02. The van der Waals surface area contributed by atoms with Crippen LogP contribution in [0.4, 0.5) is 5.69 Å². The second-order valence-corrected chi connectivity index (χ2v) is 5.57. The molecule has 0 amide bonds. The van der Waals surface area contributed by atoms with Gasteiger partial charge in [-0.05, 0) is 43.0 Å². The molecule has 0 fully saturated rings. The number of aryl methyl sites for hydroxylation is 1. The van der Waals surface area contributed by atoms with E-state index in [1.807, 2.05) is 0 Å². The van der Waals surface area contributed by atoms with Crippen LogP contribution >= 0.6 is 0 Å². The van der Waals surface area contributed by atoms with E-state index in [2.05, 4.69) is 63.2 Å². The quantitative estimate of drug-likeness (QED) is 0.742. The van der Waals surface area contributed by atoms with Crippen LogP contribution in [-0.4, -0.2) is 20.1 Å². The molecular weight excluding hydrogens is 220 g/mol. The summed E-state index contributed by atoms with van der Waals surface area (Å²) < 4.78 is 0. The highest BCUT2D eigenvalue weighted by molar-refractivity contribution is 5.53. The maximum absolute atomic E-state index is 3.45. The van der Waals surface area contributed by atoms with Gasteiger partial charge < -0.3 is 10.2 Å². The number of rotatable bonds is 7. The number of hydrogen-bond donors (Lipinski definition) is 1. The van der Waals surface area contributed by atoms with Gasteiger partial charge in [0.1, 0.15) is 0 Å². The van der Waals surface area contributed by atoms with Crippen LogP contribution in [0.5, 0.6) is 0 Å². The fourth-order valence-corrected chi connectivity index (χ4v) is 2.31. The zero-order valence-corrected chi connectivity index (χ0v) is 12.6. The molecule has 0 saturated carbocycles. The summed E-state index contributed by atoms with van der Waals surface area (Å²) in [6, 6.07) is 6.79. The highest BCUT2D eigenvalue weighted by Crippen LogP contribution is 2.21. The second kappa shape index (κ2) is 7.42. The molecule has 1 N–H and O–H groups in total. The Morgan fingerprint density at radius 1 is 1.28 bits per heavy atom. The fourth-order valence-electron chi connectivity index (χ4n) is 2.31. The normalized spacial score (nSPS) is 11.0. The lowest BCUT2D eigenvalue weighted by Gasteiger charge is -2.24. The first-order valence-corrected chi connectivity index (χ1v) is 7.06. The summed E-state index contributed by atoms with van der Waals surface area (Å²) in [6.45, 7) is 12.1. The van der Waals surface area contributed by atoms with Gasteiger partial charge >= 0.3 is 0 Å². The van der Waals surface area contributed by atoms with E-state index < -0.39 is 0 Å². The van der Waals surface area contributed by atoms with E-state index in [-0.39, 0.29) is 0 Å². The number of hydrogen-bond acceptors (Lipinski definition) is 2. The number of nitrogens with one attached hydrogen (secondary N) is 1. The van der Waals surface area contributed by atoms with Gasteiger partial charge in [0, 0.05) is 25.8 Å². The Bertz CT molecular complexity index is 358. The molecule has 1 aromatic carbocycles. The van der Waals surface area contributed by atoms with Crippen LogP contribution < -0.4 is 10.2 Å². The lowest BCUT2D eigenvalue weighted by atomic mass is 10.1. The largest absolute Gasteiger partial charge is 0.374 e. The summed E-state index contributed by atoms with van der Waals surface area (Å²) in [5, 5.41) is 3.45. The number of anilines is 1. The first-order chi connectivity index (χ1) is 8.54. The predicted octanol–water partition coefficient (Wildman–Crippen LogP) is 3.59. The van der Waals surface area contributed by atoms with Gasteiger partial charge in [0.15, 0.2) is 0 Å². The monoisotopic (exact) mass is 248 g/mol. The summed E-state index contributed by atoms with van der Waals surface area (Å²) in [5.41, 5.74) is 4.10. The Kier molecular flexibility index (Phi) is 6.20. The molecule has 0 spiro atoms. The highest BCUT2D eigenvalue weighted by Gasteiger charge is 2.06. The standard InChI is InChI=1S/C16H28N2/c1-6-9-17-11-15-7-8-16(14(4)10-15)18(5)12-13(2)3/h7-8,10,13,17H,6,9,11-12H2,1-5H3. The van der Waals surface area contributed by atoms with Crippen molar-refractivity contribution < 1.29 is 0 Å². The maximum atomic E-state index is 3.45. The molecule has 2 nitrogen and oxygen atoms in total. The van der Waals surface area contributed by atoms with Crippen LogP contribution in [0.3, 0.4) is 0 Å². The van der Waals surface area contributed by atoms with Gasteiger partial charge in [0.05, 0.1) is 0 Å². The van der Waals surface area contributed by atoms with E-state index in [0.29, 0.717) is 5.92 Å². The lowest BCUT2D eigenvalue weighted by Crippen LogP contribution is -2.23. The summed E-state index contributed by atoms with van der Waals surface area (Å²) in [6.07, 6.45) is 1.19. The third-order valence-electron chi connectivity index (χ3n) is 3.07. The molecule has 1 rings (SSSR count). The third kappa shape index (κ3) is 4.69. The van der Waals surface area contributed by atoms with Crippen molar-refractivity contribution in [3.8, 4) is 0 Å². The van der Waals surface area contributed by atoms with Crippen molar-refractivity contribution in [1.29, 1.82) is 0 Å². The van der Waals surface area contributed by atoms with Crippen molar-refractivity contribution in [1.82, 2.24) is 5.32 Å². The molecule has 0 aromatic heterocycles. The van der Waals surface area contributed by atoms with E-state index in [1.54, 1.807) is 0 Å². The molecule has 0 aliphatic rings. The van der Waals surface area contributed by atoms with Crippen LogP contribution in [0.2, 0.25) is 0 Å². The Balaban J connectivity index is 2.67. The molecule has 18 heavy (non-hydrogen) atoms. The topological polar surface area (TPSA) is 15.3 Å². The zero-order valence-electron chi connectivity index (χ0n) is 12.6. The number of benzene rings is 1. The first-order valence-electron chi connectivity index (χ1n) is 7.06. The van der Waals surface area contributed by atoms with Gasteiger partial charge in [-0.15, -0.1) is 0 Å². The van der Waals surface area contributed by atoms with Crippen LogP contribution in [0.1, 0.15) is 38.3 Å². The molecule has 0 aliphatic heterocycles. The van der Waals surface area contributed by atoms with E-state index in [4.69, 9.17) is 0 Å². The summed E-state index contributed by atoms with van der Waals surface area (Å²) >= 11 is 0. The summed E-state index contributed by atoms with van der Waals surface area (Å²) in [7, 11) is 2.18. The van der Waals surface area contributed by atoms with Crippen molar-refractivity contribution in [2.45, 2.75) is 40.7 Å². The van der Waals surface area contributed by atoms with Gasteiger partial charge in [0.25, 0.3) is 0 Å². The molecule has 0 bridgehead atoms. The van der Waals surface area contributed by atoms with Gasteiger partial charge in [-0.1, -0.05) is 32.9 Å². The average molecular weight is 248 g/mol. The van der Waals surface area contributed by atoms with E-state index in [0.717, 1.165) is 19.6 Å². The Labute approximate surface area is 112 Å². The van der Waals surface area contributed by atoms with Crippen molar-refractivity contribution in [3.63, 3.8) is 0 Å². The molecule has 2 heteroatoms. The first kappa shape index (κ1) is 15.0. The minimum Gasteiger partial charge on any atom is -0.374 e. The summed E-state index contributed by atoms with van der Waals surface area (Å²) in [5.74, 6) is 0.695. The molecule has 1 aromatic rings. The smallest absolute Gasteiger partial charge is 0.0393 e. The molecular formula is C16H28N2. The van der Waals surface area contributed by atoms with E-state index in [9.17, 15) is 0 Å². The lowest BCUT2D eigenvalue weighted by molar-refractivity contribution is 0.637. The molecule has 102 valence electrons. The van der Waals surface area contributed by atoms with Crippen molar-refractivity contribution >= 4 is 5.69 Å². The van der Waals surface area contributed by atoms with Crippen molar-refractivity contribution in [3.05, 3.63) is 29.3 Å².